The Bertz CT molecular complexity index is 1020. The fourth-order valence-corrected chi connectivity index (χ4v) is 3.38. The maximum atomic E-state index is 12.3. The van der Waals surface area contributed by atoms with Crippen LogP contribution in [0.1, 0.15) is 21.6 Å². The van der Waals surface area contributed by atoms with Crippen LogP contribution in [-0.2, 0) is 6.54 Å². The van der Waals surface area contributed by atoms with Gasteiger partial charge in [0.25, 0.3) is 5.91 Å². The molecule has 3 aromatic rings. The van der Waals surface area contributed by atoms with Gasteiger partial charge in [-0.3, -0.25) is 4.79 Å². The van der Waals surface area contributed by atoms with Crippen LogP contribution in [0.2, 0.25) is 0 Å². The van der Waals surface area contributed by atoms with E-state index in [1.807, 2.05) is 29.7 Å². The molecule has 118 valence electrons. The lowest BCUT2D eigenvalue weighted by molar-refractivity contribution is 0.0928. The molecule has 3 N–H and O–H groups in total. The second-order valence-corrected chi connectivity index (χ2v) is 5.88. The molecule has 0 bridgehead atoms. The van der Waals surface area contributed by atoms with Gasteiger partial charge < -0.3 is 15.6 Å². The van der Waals surface area contributed by atoms with Crippen molar-refractivity contribution in [3.05, 3.63) is 47.3 Å². The van der Waals surface area contributed by atoms with E-state index in [9.17, 15) is 10.1 Å². The summed E-state index contributed by atoms with van der Waals surface area (Å²) in [7, 11) is 0. The number of hydrogen-bond donors (Lipinski definition) is 2. The highest BCUT2D eigenvalue weighted by molar-refractivity contribution is 6.06. The lowest BCUT2D eigenvalue weighted by Crippen LogP contribution is -2.35. The van der Waals surface area contributed by atoms with Crippen LogP contribution >= 0.6 is 0 Å². The van der Waals surface area contributed by atoms with Crippen molar-refractivity contribution >= 4 is 22.6 Å². The van der Waals surface area contributed by atoms with Crippen LogP contribution in [0.4, 0.5) is 5.82 Å². The molecule has 0 spiro atoms. The summed E-state index contributed by atoms with van der Waals surface area (Å²) in [5.41, 5.74) is 10.5. The van der Waals surface area contributed by atoms with Gasteiger partial charge in [0.1, 0.15) is 11.5 Å². The number of carbonyl (C=O) groups excluding carboxylic acids is 1. The van der Waals surface area contributed by atoms with E-state index in [4.69, 9.17) is 5.73 Å². The first kappa shape index (κ1) is 14.3. The topological polar surface area (TPSA) is 96.7 Å². The van der Waals surface area contributed by atoms with Crippen molar-refractivity contribution < 1.29 is 4.79 Å². The Morgan fingerprint density at radius 2 is 2.21 bits per heavy atom. The first-order valence-corrected chi connectivity index (χ1v) is 7.67. The molecule has 0 saturated carbocycles. The summed E-state index contributed by atoms with van der Waals surface area (Å²) in [6.45, 7) is 3.21. The molecule has 0 aliphatic carbocycles. The number of hydrogen-bond acceptors (Lipinski definition) is 4. The van der Waals surface area contributed by atoms with Crippen molar-refractivity contribution in [1.82, 2.24) is 14.9 Å². The second kappa shape index (κ2) is 5.10. The minimum atomic E-state index is -0.0742. The number of carbonyl (C=O) groups is 1. The third kappa shape index (κ3) is 1.95. The molecule has 1 amide bonds. The summed E-state index contributed by atoms with van der Waals surface area (Å²) in [4.78, 5) is 16.5. The summed E-state index contributed by atoms with van der Waals surface area (Å²) < 4.78 is 2.04. The number of nitrogen functional groups attached to an aromatic ring is 1. The van der Waals surface area contributed by atoms with Crippen molar-refractivity contribution in [3.8, 4) is 17.2 Å². The van der Waals surface area contributed by atoms with Gasteiger partial charge in [0, 0.05) is 35.8 Å². The fraction of sp³-hybridized carbons (Fsp3) is 0.167. The van der Waals surface area contributed by atoms with Crippen LogP contribution in [-0.4, -0.2) is 22.0 Å². The smallest absolute Gasteiger partial charge is 0.268 e. The van der Waals surface area contributed by atoms with Crippen molar-refractivity contribution in [1.29, 1.82) is 5.26 Å². The van der Waals surface area contributed by atoms with Crippen molar-refractivity contribution in [2.24, 2.45) is 0 Å². The Hall–Kier alpha value is -3.33. The quantitative estimate of drug-likeness (QED) is 0.719. The van der Waals surface area contributed by atoms with E-state index >= 15 is 0 Å². The Labute approximate surface area is 138 Å². The number of anilines is 1. The van der Waals surface area contributed by atoms with E-state index < -0.39 is 0 Å². The van der Waals surface area contributed by atoms with Crippen molar-refractivity contribution in [2.45, 2.75) is 13.5 Å². The number of fused-ring (bicyclic) bond motifs is 3. The standard InChI is InChI=1S/C18H15N5O/c1-10-13-6-11(8-19)7-14(12-2-3-15(20)22-9-12)17(13)23-5-4-21-18(24)16(10)23/h2-3,6-7,9H,4-5H2,1H3,(H2,20,22)(H,21,24). The molecule has 2 aromatic heterocycles. The number of nitrogens with one attached hydrogen (secondary N) is 1. The molecule has 0 saturated heterocycles. The van der Waals surface area contributed by atoms with Gasteiger partial charge in [-0.25, -0.2) is 4.98 Å². The number of nitrogens with zero attached hydrogens (tertiary/aromatic N) is 3. The van der Waals surface area contributed by atoms with E-state index in [-0.39, 0.29) is 5.91 Å². The van der Waals surface area contributed by atoms with Gasteiger partial charge in [0.15, 0.2) is 0 Å². The molecule has 4 rings (SSSR count). The molecular weight excluding hydrogens is 302 g/mol. The molecular formula is C18H15N5O. The highest BCUT2D eigenvalue weighted by Crippen LogP contribution is 2.36. The van der Waals surface area contributed by atoms with Crippen LogP contribution in [0.15, 0.2) is 30.5 Å². The average molecular weight is 317 g/mol. The highest BCUT2D eigenvalue weighted by Gasteiger charge is 2.25. The van der Waals surface area contributed by atoms with Crippen LogP contribution in [0.25, 0.3) is 22.0 Å². The summed E-state index contributed by atoms with van der Waals surface area (Å²) in [6.07, 6.45) is 1.70. The molecule has 0 radical (unpaired) electrons. The van der Waals surface area contributed by atoms with E-state index in [1.54, 1.807) is 12.3 Å². The zero-order valence-corrected chi connectivity index (χ0v) is 13.1. The predicted octanol–water partition coefficient (Wildman–Crippen LogP) is 2.21. The zero-order chi connectivity index (χ0) is 16.8. The van der Waals surface area contributed by atoms with E-state index in [0.717, 1.165) is 27.6 Å². The Morgan fingerprint density at radius 3 is 2.92 bits per heavy atom. The van der Waals surface area contributed by atoms with Gasteiger partial charge in [-0.05, 0) is 36.8 Å². The third-order valence-electron chi connectivity index (χ3n) is 4.47. The normalized spacial score (nSPS) is 13.4. The SMILES string of the molecule is Cc1c2n(c3c(-c4ccc(N)nc4)cc(C#N)cc13)CCNC2=O. The molecule has 6 nitrogen and oxygen atoms in total. The summed E-state index contributed by atoms with van der Waals surface area (Å²) >= 11 is 0. The zero-order valence-electron chi connectivity index (χ0n) is 13.1. The van der Waals surface area contributed by atoms with Crippen LogP contribution in [0, 0.1) is 18.3 Å². The van der Waals surface area contributed by atoms with Crippen molar-refractivity contribution in [2.75, 3.05) is 12.3 Å². The first-order valence-electron chi connectivity index (χ1n) is 7.67. The lowest BCUT2D eigenvalue weighted by atomic mass is 10.00. The maximum absolute atomic E-state index is 12.3. The Balaban J connectivity index is 2.13. The summed E-state index contributed by atoms with van der Waals surface area (Å²) in [5, 5.41) is 13.2. The molecule has 3 heterocycles. The highest BCUT2D eigenvalue weighted by atomic mass is 16.2. The van der Waals surface area contributed by atoms with Crippen LogP contribution in [0.5, 0.6) is 0 Å². The van der Waals surface area contributed by atoms with Gasteiger partial charge in [0.2, 0.25) is 0 Å². The number of nitrogens with two attached hydrogens (primary N) is 1. The fourth-order valence-electron chi connectivity index (χ4n) is 3.38. The van der Waals surface area contributed by atoms with Crippen LogP contribution in [0.3, 0.4) is 0 Å². The Kier molecular flexibility index (Phi) is 3.03. The molecule has 0 fully saturated rings. The monoisotopic (exact) mass is 317 g/mol. The molecule has 1 aromatic carbocycles. The first-order chi connectivity index (χ1) is 11.6. The largest absolute Gasteiger partial charge is 0.384 e. The van der Waals surface area contributed by atoms with Gasteiger partial charge >= 0.3 is 0 Å². The minimum absolute atomic E-state index is 0.0742. The van der Waals surface area contributed by atoms with Gasteiger partial charge in [-0.2, -0.15) is 5.26 Å². The minimum Gasteiger partial charge on any atom is -0.384 e. The summed E-state index contributed by atoms with van der Waals surface area (Å²) in [6, 6.07) is 9.51. The molecule has 24 heavy (non-hydrogen) atoms. The molecule has 6 heteroatoms. The number of benzene rings is 1. The van der Waals surface area contributed by atoms with Crippen molar-refractivity contribution in [3.63, 3.8) is 0 Å². The van der Waals surface area contributed by atoms with Gasteiger partial charge in [-0.1, -0.05) is 0 Å². The molecule has 0 unspecified atom stereocenters. The molecule has 0 atom stereocenters. The number of pyridine rings is 1. The lowest BCUT2D eigenvalue weighted by Gasteiger charge is -2.18. The molecule has 1 aliphatic rings. The van der Waals surface area contributed by atoms with Gasteiger partial charge in [0.05, 0.1) is 17.1 Å². The maximum Gasteiger partial charge on any atom is 0.268 e. The third-order valence-corrected chi connectivity index (χ3v) is 4.47. The average Bonchev–Trinajstić information content (AvgIpc) is 2.89. The van der Waals surface area contributed by atoms with Gasteiger partial charge in [-0.15, -0.1) is 0 Å². The number of aromatic nitrogens is 2. The van der Waals surface area contributed by atoms with E-state index in [2.05, 4.69) is 16.4 Å². The molecule has 1 aliphatic heterocycles. The second-order valence-electron chi connectivity index (χ2n) is 5.88. The number of rotatable bonds is 1. The predicted molar refractivity (Wildman–Crippen MR) is 91.4 cm³/mol. The number of nitriles is 1. The summed E-state index contributed by atoms with van der Waals surface area (Å²) in [5.74, 6) is 0.369. The number of aryl methyl sites for hydroxylation is 1. The van der Waals surface area contributed by atoms with Crippen LogP contribution < -0.4 is 11.1 Å². The van der Waals surface area contributed by atoms with E-state index in [0.29, 0.717) is 30.2 Å². The number of amides is 1. The van der Waals surface area contributed by atoms with E-state index in [1.165, 1.54) is 0 Å². The Morgan fingerprint density at radius 1 is 1.38 bits per heavy atom.